The van der Waals surface area contributed by atoms with Crippen molar-refractivity contribution in [3.63, 3.8) is 0 Å². The van der Waals surface area contributed by atoms with Gasteiger partial charge in [0.15, 0.2) is 0 Å². The van der Waals surface area contributed by atoms with Crippen LogP contribution in [0.4, 0.5) is 0 Å². The summed E-state index contributed by atoms with van der Waals surface area (Å²) in [6.45, 7) is 5.91. The molecular weight excluding hydrogens is 140 g/mol. The summed E-state index contributed by atoms with van der Waals surface area (Å²) in [5.74, 6) is 0.147. The zero-order chi connectivity index (χ0) is 9.07. The van der Waals surface area contributed by atoms with Gasteiger partial charge in [0.1, 0.15) is 0 Å². The SMILES string of the molecule is CC(C)(C)C(O)CCC(=N)N. The zero-order valence-electron chi connectivity index (χ0n) is 7.52. The van der Waals surface area contributed by atoms with Gasteiger partial charge in [0.25, 0.3) is 0 Å². The maximum Gasteiger partial charge on any atom is 0.0906 e. The van der Waals surface area contributed by atoms with Gasteiger partial charge >= 0.3 is 0 Å². The van der Waals surface area contributed by atoms with Gasteiger partial charge in [-0.3, -0.25) is 5.41 Å². The zero-order valence-corrected chi connectivity index (χ0v) is 7.52. The minimum absolute atomic E-state index is 0.102. The second-order valence-electron chi connectivity index (χ2n) is 3.95. The van der Waals surface area contributed by atoms with Crippen molar-refractivity contribution in [2.24, 2.45) is 11.1 Å². The Bertz CT molecular complexity index is 138. The third-order valence-electron chi connectivity index (χ3n) is 1.69. The van der Waals surface area contributed by atoms with Crippen LogP contribution in [0.25, 0.3) is 0 Å². The van der Waals surface area contributed by atoms with Crippen LogP contribution in [0.3, 0.4) is 0 Å². The van der Waals surface area contributed by atoms with Crippen LogP contribution in [0.5, 0.6) is 0 Å². The van der Waals surface area contributed by atoms with E-state index < -0.39 is 0 Å². The molecule has 1 unspecified atom stereocenters. The Morgan fingerprint density at radius 2 is 2.00 bits per heavy atom. The Labute approximate surface area is 68.1 Å². The van der Waals surface area contributed by atoms with Crippen molar-refractivity contribution in [1.82, 2.24) is 0 Å². The molecule has 0 aromatic heterocycles. The van der Waals surface area contributed by atoms with E-state index >= 15 is 0 Å². The first kappa shape index (κ1) is 10.4. The van der Waals surface area contributed by atoms with Crippen LogP contribution in [-0.4, -0.2) is 17.0 Å². The van der Waals surface area contributed by atoms with Crippen LogP contribution < -0.4 is 5.73 Å². The fourth-order valence-electron chi connectivity index (χ4n) is 0.725. The van der Waals surface area contributed by atoms with Gasteiger partial charge in [-0.05, 0) is 11.8 Å². The molecule has 0 aliphatic rings. The van der Waals surface area contributed by atoms with Crippen LogP contribution in [0.2, 0.25) is 0 Å². The van der Waals surface area contributed by atoms with Crippen LogP contribution in [-0.2, 0) is 0 Å². The quantitative estimate of drug-likeness (QED) is 0.425. The molecule has 0 amide bonds. The van der Waals surface area contributed by atoms with Crippen LogP contribution in [0.15, 0.2) is 0 Å². The molecule has 0 aliphatic carbocycles. The molecule has 0 aliphatic heterocycles. The average molecular weight is 158 g/mol. The Hall–Kier alpha value is -0.570. The highest BCUT2D eigenvalue weighted by molar-refractivity contribution is 5.76. The van der Waals surface area contributed by atoms with Crippen LogP contribution >= 0.6 is 0 Å². The number of rotatable bonds is 3. The fraction of sp³-hybridized carbons (Fsp3) is 0.875. The molecular formula is C8H18N2O. The summed E-state index contributed by atoms with van der Waals surface area (Å²) in [5, 5.41) is 16.4. The molecule has 0 rings (SSSR count). The molecule has 0 aromatic carbocycles. The predicted octanol–water partition coefficient (Wildman–Crippen LogP) is 1.11. The van der Waals surface area contributed by atoms with Gasteiger partial charge in [0.05, 0.1) is 11.9 Å². The minimum atomic E-state index is -0.369. The summed E-state index contributed by atoms with van der Waals surface area (Å²) in [6.07, 6.45) is 0.698. The van der Waals surface area contributed by atoms with Crippen molar-refractivity contribution in [2.45, 2.75) is 39.7 Å². The second-order valence-corrected chi connectivity index (χ2v) is 3.95. The molecule has 0 saturated heterocycles. The van der Waals surface area contributed by atoms with Crippen molar-refractivity contribution in [3.05, 3.63) is 0 Å². The van der Waals surface area contributed by atoms with E-state index in [4.69, 9.17) is 11.1 Å². The van der Waals surface area contributed by atoms with Crippen molar-refractivity contribution in [1.29, 1.82) is 5.41 Å². The number of amidine groups is 1. The Morgan fingerprint density at radius 3 is 2.27 bits per heavy atom. The van der Waals surface area contributed by atoms with Gasteiger partial charge in [0.2, 0.25) is 0 Å². The summed E-state index contributed by atoms with van der Waals surface area (Å²) in [6, 6.07) is 0. The lowest BCUT2D eigenvalue weighted by Crippen LogP contribution is -2.27. The average Bonchev–Trinajstić information content (AvgIpc) is 1.80. The van der Waals surface area contributed by atoms with Gasteiger partial charge in [-0.25, -0.2) is 0 Å². The van der Waals surface area contributed by atoms with Crippen molar-refractivity contribution >= 4 is 5.84 Å². The molecule has 3 heteroatoms. The lowest BCUT2D eigenvalue weighted by Gasteiger charge is -2.25. The fourth-order valence-corrected chi connectivity index (χ4v) is 0.725. The number of aliphatic hydroxyl groups excluding tert-OH is 1. The monoisotopic (exact) mass is 158 g/mol. The molecule has 0 radical (unpaired) electrons. The first-order valence-corrected chi connectivity index (χ1v) is 3.85. The van der Waals surface area contributed by atoms with Crippen molar-refractivity contribution in [2.75, 3.05) is 0 Å². The molecule has 0 fully saturated rings. The van der Waals surface area contributed by atoms with Crippen molar-refractivity contribution in [3.8, 4) is 0 Å². The van der Waals surface area contributed by atoms with Crippen LogP contribution in [0, 0.1) is 10.8 Å². The van der Waals surface area contributed by atoms with E-state index in [1.165, 1.54) is 0 Å². The third kappa shape index (κ3) is 4.79. The second kappa shape index (κ2) is 3.72. The maximum atomic E-state index is 9.48. The summed E-state index contributed by atoms with van der Waals surface area (Å²) < 4.78 is 0. The third-order valence-corrected chi connectivity index (χ3v) is 1.69. The summed E-state index contributed by atoms with van der Waals surface area (Å²) in [4.78, 5) is 0. The first-order valence-electron chi connectivity index (χ1n) is 3.85. The molecule has 0 bridgehead atoms. The normalized spacial score (nSPS) is 14.5. The lowest BCUT2D eigenvalue weighted by molar-refractivity contribution is 0.0574. The van der Waals surface area contributed by atoms with E-state index in [1.807, 2.05) is 20.8 Å². The number of hydrogen-bond donors (Lipinski definition) is 3. The molecule has 1 atom stereocenters. The van der Waals surface area contributed by atoms with Crippen molar-refractivity contribution < 1.29 is 5.11 Å². The number of nitrogens with one attached hydrogen (secondary N) is 1. The Balaban J connectivity index is 3.70. The van der Waals surface area contributed by atoms with E-state index in [-0.39, 0.29) is 17.4 Å². The predicted molar refractivity (Wildman–Crippen MR) is 46.6 cm³/mol. The van der Waals surface area contributed by atoms with Gasteiger partial charge < -0.3 is 10.8 Å². The molecule has 0 aromatic rings. The topological polar surface area (TPSA) is 70.1 Å². The standard InChI is InChI=1S/C8H18N2O/c1-8(2,3)6(11)4-5-7(9)10/h6,11H,4-5H2,1-3H3,(H3,9,10). The molecule has 11 heavy (non-hydrogen) atoms. The summed E-state index contributed by atoms with van der Waals surface area (Å²) in [7, 11) is 0. The first-order chi connectivity index (χ1) is 4.84. The highest BCUT2D eigenvalue weighted by atomic mass is 16.3. The molecule has 66 valence electrons. The van der Waals surface area contributed by atoms with Gasteiger partial charge in [-0.15, -0.1) is 0 Å². The van der Waals surface area contributed by atoms with Gasteiger partial charge in [-0.2, -0.15) is 0 Å². The van der Waals surface area contributed by atoms with E-state index in [2.05, 4.69) is 0 Å². The maximum absolute atomic E-state index is 9.48. The molecule has 0 saturated carbocycles. The van der Waals surface area contributed by atoms with Crippen LogP contribution in [0.1, 0.15) is 33.6 Å². The molecule has 3 nitrogen and oxygen atoms in total. The number of aliphatic hydroxyl groups is 1. The highest BCUT2D eigenvalue weighted by Gasteiger charge is 2.21. The Morgan fingerprint density at radius 1 is 1.55 bits per heavy atom. The van der Waals surface area contributed by atoms with Gasteiger partial charge in [-0.1, -0.05) is 20.8 Å². The van der Waals surface area contributed by atoms with E-state index in [0.29, 0.717) is 12.8 Å². The summed E-state index contributed by atoms with van der Waals surface area (Å²) in [5.41, 5.74) is 5.05. The lowest BCUT2D eigenvalue weighted by atomic mass is 9.86. The summed E-state index contributed by atoms with van der Waals surface area (Å²) >= 11 is 0. The largest absolute Gasteiger partial charge is 0.393 e. The van der Waals surface area contributed by atoms with E-state index in [1.54, 1.807) is 0 Å². The molecule has 0 heterocycles. The van der Waals surface area contributed by atoms with E-state index in [0.717, 1.165) is 0 Å². The smallest absolute Gasteiger partial charge is 0.0906 e. The van der Waals surface area contributed by atoms with E-state index in [9.17, 15) is 5.11 Å². The molecule has 0 spiro atoms. The minimum Gasteiger partial charge on any atom is -0.393 e. The number of hydrogen-bond acceptors (Lipinski definition) is 2. The molecule has 4 N–H and O–H groups in total. The van der Waals surface area contributed by atoms with Gasteiger partial charge in [0, 0.05) is 6.42 Å². The Kier molecular flexibility index (Phi) is 3.52. The number of nitrogens with two attached hydrogens (primary N) is 1. The highest BCUT2D eigenvalue weighted by Crippen LogP contribution is 2.22.